The summed E-state index contributed by atoms with van der Waals surface area (Å²) in [6.07, 6.45) is 2.68. The monoisotopic (exact) mass is 380 g/mol. The van der Waals surface area contributed by atoms with Crippen molar-refractivity contribution in [3.8, 4) is 0 Å². The first kappa shape index (κ1) is 18.8. The maximum Gasteiger partial charge on any atom is 0.410 e. The van der Waals surface area contributed by atoms with Crippen molar-refractivity contribution < 1.29 is 14.6 Å². The molecule has 2 aliphatic heterocycles. The van der Waals surface area contributed by atoms with Crippen molar-refractivity contribution in [3.05, 3.63) is 65.7 Å². The fraction of sp³-hybridized carbons (Fsp3) is 0.435. The van der Waals surface area contributed by atoms with Crippen LogP contribution in [-0.4, -0.2) is 42.3 Å². The van der Waals surface area contributed by atoms with Gasteiger partial charge in [0, 0.05) is 44.7 Å². The summed E-state index contributed by atoms with van der Waals surface area (Å²) in [6.45, 7) is 0.283. The van der Waals surface area contributed by atoms with E-state index in [0.29, 0.717) is 12.8 Å². The van der Waals surface area contributed by atoms with E-state index in [-0.39, 0.29) is 24.8 Å². The normalized spacial score (nSPS) is 26.2. The molecule has 2 aromatic carbocycles. The topological polar surface area (TPSA) is 53.0 Å². The highest BCUT2D eigenvalue weighted by molar-refractivity contribution is 5.69. The molecule has 0 saturated carbocycles. The number of hydrogen-bond donors (Lipinski definition) is 1. The maximum atomic E-state index is 12.7. The first-order valence-corrected chi connectivity index (χ1v) is 9.95. The summed E-state index contributed by atoms with van der Waals surface area (Å²) >= 11 is 0. The second kappa shape index (κ2) is 7.47. The van der Waals surface area contributed by atoms with Gasteiger partial charge in [0.05, 0.1) is 5.60 Å². The molecule has 5 heteroatoms. The smallest absolute Gasteiger partial charge is 0.410 e. The number of ether oxygens (including phenoxy) is 1. The van der Waals surface area contributed by atoms with Crippen molar-refractivity contribution in [1.82, 2.24) is 4.90 Å². The number of rotatable bonds is 4. The van der Waals surface area contributed by atoms with E-state index in [1.807, 2.05) is 72.4 Å². The van der Waals surface area contributed by atoms with Crippen molar-refractivity contribution >= 4 is 11.8 Å². The van der Waals surface area contributed by atoms with Crippen molar-refractivity contribution in [2.75, 3.05) is 19.0 Å². The molecule has 2 unspecified atom stereocenters. The van der Waals surface area contributed by atoms with E-state index in [0.717, 1.165) is 29.7 Å². The van der Waals surface area contributed by atoms with Crippen LogP contribution in [0.3, 0.4) is 0 Å². The van der Waals surface area contributed by atoms with Gasteiger partial charge in [0.15, 0.2) is 0 Å². The largest absolute Gasteiger partial charge is 0.445 e. The molecule has 2 heterocycles. The first-order valence-electron chi connectivity index (χ1n) is 9.95. The van der Waals surface area contributed by atoms with Crippen LogP contribution in [0, 0.1) is 0 Å². The summed E-state index contributed by atoms with van der Waals surface area (Å²) in [6, 6.07) is 17.9. The molecule has 1 N–H and O–H groups in total. The molecule has 5 nitrogen and oxygen atoms in total. The Bertz CT molecular complexity index is 823. The zero-order chi connectivity index (χ0) is 19.7. The van der Waals surface area contributed by atoms with Crippen molar-refractivity contribution in [1.29, 1.82) is 0 Å². The lowest BCUT2D eigenvalue weighted by Gasteiger charge is -2.43. The third kappa shape index (κ3) is 3.59. The molecule has 1 amide bonds. The number of benzene rings is 2. The minimum Gasteiger partial charge on any atom is -0.445 e. The molecule has 2 saturated heterocycles. The van der Waals surface area contributed by atoms with Crippen LogP contribution in [0.2, 0.25) is 0 Å². The number of aliphatic hydroxyl groups is 1. The number of amides is 1. The quantitative estimate of drug-likeness (QED) is 0.874. The van der Waals surface area contributed by atoms with Gasteiger partial charge < -0.3 is 19.6 Å². The van der Waals surface area contributed by atoms with Gasteiger partial charge in [-0.2, -0.15) is 0 Å². The Balaban J connectivity index is 1.46. The van der Waals surface area contributed by atoms with Crippen LogP contribution < -0.4 is 4.90 Å². The molecule has 148 valence electrons. The highest BCUT2D eigenvalue weighted by atomic mass is 16.6. The van der Waals surface area contributed by atoms with Crippen LogP contribution in [0.5, 0.6) is 0 Å². The van der Waals surface area contributed by atoms with Gasteiger partial charge in [-0.1, -0.05) is 42.5 Å². The Labute approximate surface area is 166 Å². The zero-order valence-electron chi connectivity index (χ0n) is 16.5. The minimum absolute atomic E-state index is 0.0232. The molecule has 0 radical (unpaired) electrons. The van der Waals surface area contributed by atoms with E-state index in [1.54, 1.807) is 0 Å². The van der Waals surface area contributed by atoms with E-state index in [4.69, 9.17) is 4.74 Å². The number of carbonyl (C=O) groups is 1. The Morgan fingerprint density at radius 2 is 1.79 bits per heavy atom. The summed E-state index contributed by atoms with van der Waals surface area (Å²) in [7, 11) is 4.00. The fourth-order valence-electron chi connectivity index (χ4n) is 4.63. The number of anilines is 1. The molecule has 0 aromatic heterocycles. The van der Waals surface area contributed by atoms with Crippen LogP contribution in [-0.2, 0) is 16.9 Å². The minimum atomic E-state index is -0.895. The molecular weight excluding hydrogens is 352 g/mol. The highest BCUT2D eigenvalue weighted by Gasteiger charge is 2.50. The molecule has 2 bridgehead atoms. The van der Waals surface area contributed by atoms with Crippen LogP contribution in [0.15, 0.2) is 54.6 Å². The molecule has 0 spiro atoms. The van der Waals surface area contributed by atoms with Gasteiger partial charge in [-0.3, -0.25) is 0 Å². The Hall–Kier alpha value is -2.53. The molecule has 28 heavy (non-hydrogen) atoms. The van der Waals surface area contributed by atoms with E-state index >= 15 is 0 Å². The second-order valence-corrected chi connectivity index (χ2v) is 8.22. The Morgan fingerprint density at radius 1 is 1.11 bits per heavy atom. The molecule has 2 aromatic rings. The number of fused-ring (bicyclic) bond motifs is 2. The van der Waals surface area contributed by atoms with Gasteiger partial charge in [-0.05, 0) is 36.1 Å². The summed E-state index contributed by atoms with van der Waals surface area (Å²) in [4.78, 5) is 16.6. The van der Waals surface area contributed by atoms with Crippen molar-refractivity contribution in [3.63, 3.8) is 0 Å². The molecular formula is C23H28N2O3. The number of hydrogen-bond acceptors (Lipinski definition) is 4. The van der Waals surface area contributed by atoms with E-state index < -0.39 is 5.60 Å². The van der Waals surface area contributed by atoms with Gasteiger partial charge >= 0.3 is 6.09 Å². The molecule has 2 fully saturated rings. The summed E-state index contributed by atoms with van der Waals surface area (Å²) in [5, 5.41) is 11.4. The molecule has 2 atom stereocenters. The van der Waals surface area contributed by atoms with Crippen molar-refractivity contribution in [2.45, 2.75) is 50.0 Å². The predicted molar refractivity (Wildman–Crippen MR) is 109 cm³/mol. The van der Waals surface area contributed by atoms with Gasteiger partial charge in [-0.25, -0.2) is 4.79 Å². The zero-order valence-corrected chi connectivity index (χ0v) is 16.5. The van der Waals surface area contributed by atoms with Gasteiger partial charge in [0.1, 0.15) is 6.61 Å². The number of piperidine rings is 1. The Morgan fingerprint density at radius 3 is 2.43 bits per heavy atom. The predicted octanol–water partition coefficient (Wildman–Crippen LogP) is 3.90. The lowest BCUT2D eigenvalue weighted by molar-refractivity contribution is -0.0536. The van der Waals surface area contributed by atoms with Crippen LogP contribution in [0.4, 0.5) is 10.5 Å². The summed E-state index contributed by atoms with van der Waals surface area (Å²) in [5.74, 6) is 0. The maximum absolute atomic E-state index is 12.7. The van der Waals surface area contributed by atoms with Crippen LogP contribution in [0.1, 0.15) is 36.8 Å². The standard InChI is InChI=1S/C23H28N2O3/c1-24(2)19-10-6-9-18(13-19)23(27)14-20-11-12-21(15-23)25(20)22(26)28-16-17-7-4-3-5-8-17/h3-10,13,20-21,27H,11-12,14-16H2,1-2H3. The molecule has 2 aliphatic rings. The van der Waals surface area contributed by atoms with Crippen molar-refractivity contribution in [2.24, 2.45) is 0 Å². The fourth-order valence-corrected chi connectivity index (χ4v) is 4.63. The third-order valence-corrected chi connectivity index (χ3v) is 6.08. The third-order valence-electron chi connectivity index (χ3n) is 6.08. The number of nitrogens with zero attached hydrogens (tertiary/aromatic N) is 2. The molecule has 4 rings (SSSR count). The van der Waals surface area contributed by atoms with Gasteiger partial charge in [-0.15, -0.1) is 0 Å². The second-order valence-electron chi connectivity index (χ2n) is 8.22. The average molecular weight is 380 g/mol. The lowest BCUT2D eigenvalue weighted by atomic mass is 9.80. The Kier molecular flexibility index (Phi) is 5.02. The van der Waals surface area contributed by atoms with Gasteiger partial charge in [0.25, 0.3) is 0 Å². The van der Waals surface area contributed by atoms with Crippen LogP contribution >= 0.6 is 0 Å². The first-order chi connectivity index (χ1) is 13.5. The average Bonchev–Trinajstić information content (AvgIpc) is 2.99. The number of carbonyl (C=O) groups excluding carboxylic acids is 1. The van der Waals surface area contributed by atoms with E-state index in [1.165, 1.54) is 0 Å². The SMILES string of the molecule is CN(C)c1cccc(C2(O)CC3CCC(C2)N3C(=O)OCc2ccccc2)c1. The summed E-state index contributed by atoms with van der Waals surface area (Å²) in [5.41, 5.74) is 2.10. The highest BCUT2D eigenvalue weighted by Crippen LogP contribution is 2.46. The molecule has 0 aliphatic carbocycles. The van der Waals surface area contributed by atoms with E-state index in [2.05, 4.69) is 6.07 Å². The summed E-state index contributed by atoms with van der Waals surface area (Å²) < 4.78 is 5.57. The van der Waals surface area contributed by atoms with E-state index in [9.17, 15) is 9.90 Å². The van der Waals surface area contributed by atoms with Gasteiger partial charge in [0.2, 0.25) is 0 Å². The lowest BCUT2D eigenvalue weighted by Crippen LogP contribution is -2.52. The van der Waals surface area contributed by atoms with Crippen LogP contribution in [0.25, 0.3) is 0 Å².